The summed E-state index contributed by atoms with van der Waals surface area (Å²) in [4.78, 5) is 24.0. The molecule has 0 spiro atoms. The Labute approximate surface area is 121 Å². The Morgan fingerprint density at radius 3 is 2.24 bits per heavy atom. The molecule has 0 aliphatic rings. The van der Waals surface area contributed by atoms with Crippen LogP contribution < -0.4 is 4.90 Å². The van der Waals surface area contributed by atoms with Crippen molar-refractivity contribution in [3.05, 3.63) is 70.3 Å². The minimum absolute atomic E-state index is 0.0695. The summed E-state index contributed by atoms with van der Waals surface area (Å²) in [6, 6.07) is 14.3. The summed E-state index contributed by atoms with van der Waals surface area (Å²) in [6.07, 6.45) is 0. The fourth-order valence-corrected chi connectivity index (χ4v) is 1.94. The number of nitro benzene ring substituents is 1. The van der Waals surface area contributed by atoms with Crippen LogP contribution in [0.1, 0.15) is 10.4 Å². The number of anilines is 1. The highest BCUT2D eigenvalue weighted by Gasteiger charge is 2.18. The third-order valence-corrected chi connectivity index (χ3v) is 2.96. The van der Waals surface area contributed by atoms with E-state index in [-0.39, 0.29) is 24.7 Å². The molecule has 6 nitrogen and oxygen atoms in total. The van der Waals surface area contributed by atoms with Crippen molar-refractivity contribution in [3.8, 4) is 0 Å². The molecule has 2 rings (SSSR count). The minimum Gasteiger partial charge on any atom is -0.395 e. The van der Waals surface area contributed by atoms with E-state index in [9.17, 15) is 14.9 Å². The van der Waals surface area contributed by atoms with Crippen LogP contribution >= 0.6 is 0 Å². The van der Waals surface area contributed by atoms with Gasteiger partial charge in [0.1, 0.15) is 0 Å². The molecule has 1 N–H and O–H groups in total. The summed E-state index contributed by atoms with van der Waals surface area (Å²) in [5.41, 5.74) is 0.924. The highest BCUT2D eigenvalue weighted by atomic mass is 16.6. The van der Waals surface area contributed by atoms with Gasteiger partial charge in [-0.25, -0.2) is 0 Å². The van der Waals surface area contributed by atoms with Crippen LogP contribution in [0.5, 0.6) is 0 Å². The molecular weight excluding hydrogens is 272 g/mol. The second kappa shape index (κ2) is 6.62. The topological polar surface area (TPSA) is 83.7 Å². The predicted molar refractivity (Wildman–Crippen MR) is 78.3 cm³/mol. The van der Waals surface area contributed by atoms with Crippen LogP contribution in [0.3, 0.4) is 0 Å². The van der Waals surface area contributed by atoms with E-state index in [0.29, 0.717) is 11.3 Å². The summed E-state index contributed by atoms with van der Waals surface area (Å²) in [5, 5.41) is 19.7. The Bertz CT molecular complexity index is 626. The molecule has 0 saturated heterocycles. The van der Waals surface area contributed by atoms with Crippen LogP contribution in [0, 0.1) is 10.1 Å². The van der Waals surface area contributed by atoms with E-state index in [0.717, 1.165) is 0 Å². The third-order valence-electron chi connectivity index (χ3n) is 2.96. The van der Waals surface area contributed by atoms with Gasteiger partial charge in [0, 0.05) is 29.9 Å². The molecule has 1 amide bonds. The number of nitro groups is 1. The van der Waals surface area contributed by atoms with Gasteiger partial charge >= 0.3 is 0 Å². The number of aliphatic hydroxyl groups is 1. The lowest BCUT2D eigenvalue weighted by atomic mass is 10.1. The maximum absolute atomic E-state index is 12.5. The molecule has 0 unspecified atom stereocenters. The largest absolute Gasteiger partial charge is 0.395 e. The van der Waals surface area contributed by atoms with Crippen molar-refractivity contribution in [2.75, 3.05) is 18.1 Å². The second-order valence-corrected chi connectivity index (χ2v) is 4.32. The summed E-state index contributed by atoms with van der Waals surface area (Å²) >= 11 is 0. The van der Waals surface area contributed by atoms with Gasteiger partial charge in [-0.2, -0.15) is 0 Å². The first kappa shape index (κ1) is 14.7. The number of carbonyl (C=O) groups excluding carboxylic acids is 1. The van der Waals surface area contributed by atoms with E-state index in [1.165, 1.54) is 29.2 Å². The summed E-state index contributed by atoms with van der Waals surface area (Å²) < 4.78 is 0. The lowest BCUT2D eigenvalue weighted by Gasteiger charge is -2.21. The Morgan fingerprint density at radius 1 is 1.10 bits per heavy atom. The van der Waals surface area contributed by atoms with Gasteiger partial charge in [-0.15, -0.1) is 0 Å². The molecule has 0 atom stereocenters. The monoisotopic (exact) mass is 286 g/mol. The third kappa shape index (κ3) is 3.43. The Kier molecular flexibility index (Phi) is 4.63. The van der Waals surface area contributed by atoms with Crippen molar-refractivity contribution in [3.63, 3.8) is 0 Å². The zero-order valence-corrected chi connectivity index (χ0v) is 11.2. The van der Waals surface area contributed by atoms with Gasteiger partial charge in [0.25, 0.3) is 11.6 Å². The molecule has 0 aliphatic heterocycles. The lowest BCUT2D eigenvalue weighted by Crippen LogP contribution is -2.33. The van der Waals surface area contributed by atoms with Crippen molar-refractivity contribution >= 4 is 17.3 Å². The highest BCUT2D eigenvalue weighted by molar-refractivity contribution is 6.06. The molecule has 0 fully saturated rings. The van der Waals surface area contributed by atoms with Gasteiger partial charge in [-0.1, -0.05) is 18.2 Å². The Morgan fingerprint density at radius 2 is 1.71 bits per heavy atom. The van der Waals surface area contributed by atoms with Crippen LogP contribution in [0.25, 0.3) is 0 Å². The molecule has 0 aromatic heterocycles. The molecule has 0 bridgehead atoms. The van der Waals surface area contributed by atoms with E-state index in [2.05, 4.69) is 0 Å². The smallest absolute Gasteiger partial charge is 0.269 e. The van der Waals surface area contributed by atoms with Crippen LogP contribution in [0.2, 0.25) is 0 Å². The van der Waals surface area contributed by atoms with E-state index < -0.39 is 4.92 Å². The molecule has 6 heteroatoms. The van der Waals surface area contributed by atoms with Crippen molar-refractivity contribution in [1.29, 1.82) is 0 Å². The van der Waals surface area contributed by atoms with E-state index in [1.807, 2.05) is 6.07 Å². The molecule has 2 aromatic carbocycles. The quantitative estimate of drug-likeness (QED) is 0.675. The summed E-state index contributed by atoms with van der Waals surface area (Å²) in [6.45, 7) is -0.0204. The van der Waals surface area contributed by atoms with Crippen molar-refractivity contribution < 1.29 is 14.8 Å². The Balaban J connectivity index is 2.28. The number of para-hydroxylation sites is 1. The van der Waals surface area contributed by atoms with Crippen LogP contribution in [0.15, 0.2) is 54.6 Å². The first-order valence-electron chi connectivity index (χ1n) is 6.35. The maximum atomic E-state index is 12.5. The zero-order valence-electron chi connectivity index (χ0n) is 11.2. The van der Waals surface area contributed by atoms with Gasteiger partial charge in [-0.3, -0.25) is 14.9 Å². The minimum atomic E-state index is -0.517. The van der Waals surface area contributed by atoms with E-state index in [4.69, 9.17) is 5.11 Å². The molecule has 2 aromatic rings. The van der Waals surface area contributed by atoms with Crippen LogP contribution in [0.4, 0.5) is 11.4 Å². The number of hydrogen-bond donors (Lipinski definition) is 1. The van der Waals surface area contributed by atoms with E-state index in [1.54, 1.807) is 24.3 Å². The number of benzene rings is 2. The maximum Gasteiger partial charge on any atom is 0.269 e. The number of hydrogen-bond acceptors (Lipinski definition) is 4. The molecule has 108 valence electrons. The van der Waals surface area contributed by atoms with Gasteiger partial charge in [0.05, 0.1) is 11.5 Å². The molecular formula is C15H14N2O4. The zero-order chi connectivity index (χ0) is 15.2. The lowest BCUT2D eigenvalue weighted by molar-refractivity contribution is -0.384. The number of nitrogens with zero attached hydrogens (tertiary/aromatic N) is 2. The molecule has 0 radical (unpaired) electrons. The number of aliphatic hydroxyl groups excluding tert-OH is 1. The van der Waals surface area contributed by atoms with Crippen molar-refractivity contribution in [2.45, 2.75) is 0 Å². The number of carbonyl (C=O) groups is 1. The number of rotatable bonds is 5. The summed E-state index contributed by atoms with van der Waals surface area (Å²) in [5.74, 6) is -0.315. The SMILES string of the molecule is O=C(c1ccc([N+](=O)[O-])cc1)N(CCO)c1ccccc1. The van der Waals surface area contributed by atoms with Gasteiger partial charge in [0.2, 0.25) is 0 Å². The average Bonchev–Trinajstić information content (AvgIpc) is 2.53. The molecule has 0 heterocycles. The fraction of sp³-hybridized carbons (Fsp3) is 0.133. The average molecular weight is 286 g/mol. The van der Waals surface area contributed by atoms with Crippen molar-refractivity contribution in [2.24, 2.45) is 0 Å². The first-order chi connectivity index (χ1) is 10.1. The normalized spacial score (nSPS) is 10.1. The van der Waals surface area contributed by atoms with Gasteiger partial charge in [-0.05, 0) is 24.3 Å². The first-order valence-corrected chi connectivity index (χ1v) is 6.35. The fourth-order valence-electron chi connectivity index (χ4n) is 1.94. The van der Waals surface area contributed by atoms with Crippen molar-refractivity contribution in [1.82, 2.24) is 0 Å². The van der Waals surface area contributed by atoms with Gasteiger partial charge < -0.3 is 10.0 Å². The standard InChI is InChI=1S/C15H14N2O4/c18-11-10-16(13-4-2-1-3-5-13)15(19)12-6-8-14(9-7-12)17(20)21/h1-9,18H,10-11H2. The molecule has 21 heavy (non-hydrogen) atoms. The van der Waals surface area contributed by atoms with Gasteiger partial charge in [0.15, 0.2) is 0 Å². The Hall–Kier alpha value is -2.73. The molecule has 0 saturated carbocycles. The van der Waals surface area contributed by atoms with E-state index >= 15 is 0 Å². The number of amides is 1. The van der Waals surface area contributed by atoms with Crippen LogP contribution in [-0.2, 0) is 0 Å². The summed E-state index contributed by atoms with van der Waals surface area (Å²) in [7, 11) is 0. The van der Waals surface area contributed by atoms with Crippen LogP contribution in [-0.4, -0.2) is 29.1 Å². The second-order valence-electron chi connectivity index (χ2n) is 4.32. The number of non-ortho nitro benzene ring substituents is 1. The molecule has 0 aliphatic carbocycles. The highest BCUT2D eigenvalue weighted by Crippen LogP contribution is 2.18. The predicted octanol–water partition coefficient (Wildman–Crippen LogP) is 2.23.